The van der Waals surface area contributed by atoms with Crippen LogP contribution < -0.4 is 5.32 Å². The zero-order valence-electron chi connectivity index (χ0n) is 22.0. The van der Waals surface area contributed by atoms with Gasteiger partial charge in [0.2, 0.25) is 10.0 Å². The summed E-state index contributed by atoms with van der Waals surface area (Å²) in [6, 6.07) is 3.40. The molecule has 208 valence electrons. The fourth-order valence-corrected chi connectivity index (χ4v) is 6.38. The van der Waals surface area contributed by atoms with E-state index in [1.807, 2.05) is 20.8 Å². The zero-order chi connectivity index (χ0) is 27.9. The van der Waals surface area contributed by atoms with Crippen LogP contribution in [0.15, 0.2) is 29.2 Å². The molecule has 12 heteroatoms. The first kappa shape index (κ1) is 29.2. The molecular formula is C25H36F3N3O5S. The maximum absolute atomic E-state index is 13.1. The van der Waals surface area contributed by atoms with Crippen molar-refractivity contribution in [3.05, 3.63) is 29.8 Å². The summed E-state index contributed by atoms with van der Waals surface area (Å²) in [7, 11) is -2.54. The van der Waals surface area contributed by atoms with Crippen molar-refractivity contribution in [2.24, 2.45) is 17.8 Å². The molecule has 1 heterocycles. The van der Waals surface area contributed by atoms with Gasteiger partial charge in [-0.3, -0.25) is 4.79 Å². The summed E-state index contributed by atoms with van der Waals surface area (Å²) in [4.78, 5) is 26.7. The van der Waals surface area contributed by atoms with Crippen molar-refractivity contribution in [3.8, 4) is 0 Å². The molecule has 1 aliphatic carbocycles. The van der Waals surface area contributed by atoms with Gasteiger partial charge in [-0.1, -0.05) is 19.9 Å². The van der Waals surface area contributed by atoms with Gasteiger partial charge in [0.05, 0.1) is 10.5 Å². The first-order valence-electron chi connectivity index (χ1n) is 12.3. The van der Waals surface area contributed by atoms with E-state index in [4.69, 9.17) is 4.74 Å². The van der Waals surface area contributed by atoms with E-state index in [1.54, 1.807) is 20.9 Å². The summed E-state index contributed by atoms with van der Waals surface area (Å²) in [6.45, 7) is 9.33. The molecule has 2 fully saturated rings. The number of hydrogen-bond donors (Lipinski definition) is 1. The third kappa shape index (κ3) is 6.39. The van der Waals surface area contributed by atoms with Gasteiger partial charge in [0.25, 0.3) is 5.91 Å². The van der Waals surface area contributed by atoms with Crippen molar-refractivity contribution >= 4 is 22.0 Å². The van der Waals surface area contributed by atoms with E-state index in [9.17, 15) is 31.2 Å². The minimum atomic E-state index is -4.65. The van der Waals surface area contributed by atoms with E-state index in [0.29, 0.717) is 18.9 Å². The molecule has 0 unspecified atom stereocenters. The first-order valence-corrected chi connectivity index (χ1v) is 13.8. The van der Waals surface area contributed by atoms with Crippen LogP contribution in [0, 0.1) is 17.8 Å². The van der Waals surface area contributed by atoms with E-state index < -0.39 is 50.3 Å². The number of alkyl halides is 3. The Bertz CT molecular complexity index is 1120. The van der Waals surface area contributed by atoms with Gasteiger partial charge in [0.15, 0.2) is 6.10 Å². The molecule has 2 amide bonds. The summed E-state index contributed by atoms with van der Waals surface area (Å²) in [5.41, 5.74) is -1.52. The summed E-state index contributed by atoms with van der Waals surface area (Å²) in [5, 5.41) is 2.95. The normalized spacial score (nSPS) is 23.6. The van der Waals surface area contributed by atoms with Crippen LogP contribution in [0.1, 0.15) is 53.0 Å². The summed E-state index contributed by atoms with van der Waals surface area (Å²) >= 11 is 0. The zero-order valence-corrected chi connectivity index (χ0v) is 22.8. The lowest BCUT2D eigenvalue weighted by Gasteiger charge is -2.33. The van der Waals surface area contributed by atoms with Crippen LogP contribution in [0.25, 0.3) is 0 Å². The smallest absolute Gasteiger partial charge is 0.416 e. The fourth-order valence-electron chi connectivity index (χ4n) is 4.80. The predicted molar refractivity (Wildman–Crippen MR) is 131 cm³/mol. The summed E-state index contributed by atoms with van der Waals surface area (Å²) in [6.07, 6.45) is -4.99. The molecule has 4 atom stereocenters. The van der Waals surface area contributed by atoms with Gasteiger partial charge in [0, 0.05) is 31.7 Å². The second kappa shape index (κ2) is 10.4. The van der Waals surface area contributed by atoms with Gasteiger partial charge in [-0.2, -0.15) is 17.5 Å². The van der Waals surface area contributed by atoms with Crippen LogP contribution in [-0.4, -0.2) is 67.4 Å². The van der Waals surface area contributed by atoms with Crippen LogP contribution in [0.5, 0.6) is 0 Å². The number of amides is 2. The number of nitrogens with zero attached hydrogens (tertiary/aromatic N) is 2. The van der Waals surface area contributed by atoms with Crippen LogP contribution in [0.3, 0.4) is 0 Å². The Balaban J connectivity index is 1.70. The lowest BCUT2D eigenvalue weighted by atomic mass is 9.97. The van der Waals surface area contributed by atoms with Crippen molar-refractivity contribution in [3.63, 3.8) is 0 Å². The second-order valence-corrected chi connectivity index (χ2v) is 13.2. The Kier molecular flexibility index (Phi) is 8.24. The van der Waals surface area contributed by atoms with Crippen molar-refractivity contribution in [1.29, 1.82) is 0 Å². The molecule has 1 aliphatic heterocycles. The number of hydrogen-bond acceptors (Lipinski definition) is 5. The number of rotatable bonds is 6. The highest BCUT2D eigenvalue weighted by Gasteiger charge is 2.47. The van der Waals surface area contributed by atoms with E-state index in [-0.39, 0.29) is 36.9 Å². The summed E-state index contributed by atoms with van der Waals surface area (Å²) in [5.74, 6) is -0.963. The monoisotopic (exact) mass is 547 g/mol. The Morgan fingerprint density at radius 3 is 2.35 bits per heavy atom. The Morgan fingerprint density at radius 2 is 1.78 bits per heavy atom. The molecule has 0 aromatic heterocycles. The second-order valence-electron chi connectivity index (χ2n) is 11.2. The number of benzene rings is 1. The van der Waals surface area contributed by atoms with Crippen molar-refractivity contribution in [1.82, 2.24) is 14.5 Å². The Hall–Kier alpha value is -2.34. The number of fused-ring (bicyclic) bond motifs is 1. The van der Waals surface area contributed by atoms with Crippen molar-refractivity contribution < 1.29 is 35.9 Å². The van der Waals surface area contributed by atoms with E-state index in [1.165, 1.54) is 9.21 Å². The molecule has 0 spiro atoms. The maximum Gasteiger partial charge on any atom is 0.416 e. The third-order valence-electron chi connectivity index (χ3n) is 7.32. The SMILES string of the molecule is CC(C)[C@H](OC(=O)N(C)C(C)(C)C)C(=O)N[C@@H]1CC[C@H]2CN(S(=O)(=O)c3cccc(C(F)(F)F)c3)C[C@H]21. The van der Waals surface area contributed by atoms with Crippen molar-refractivity contribution in [2.45, 2.75) is 76.2 Å². The summed E-state index contributed by atoms with van der Waals surface area (Å²) < 4.78 is 72.4. The van der Waals surface area contributed by atoms with Crippen LogP contribution in [0.2, 0.25) is 0 Å². The molecule has 1 saturated carbocycles. The van der Waals surface area contributed by atoms with Gasteiger partial charge >= 0.3 is 12.3 Å². The first-order chi connectivity index (χ1) is 16.9. The third-order valence-corrected chi connectivity index (χ3v) is 9.15. The highest BCUT2D eigenvalue weighted by molar-refractivity contribution is 7.89. The Labute approximate surface area is 216 Å². The average Bonchev–Trinajstić information content (AvgIpc) is 3.38. The molecule has 0 radical (unpaired) electrons. The lowest BCUT2D eigenvalue weighted by Crippen LogP contribution is -2.50. The number of carbonyl (C=O) groups is 2. The maximum atomic E-state index is 13.1. The number of nitrogens with one attached hydrogen (secondary N) is 1. The molecule has 2 aliphatic rings. The van der Waals surface area contributed by atoms with Gasteiger partial charge in [-0.05, 0) is 69.6 Å². The molecule has 37 heavy (non-hydrogen) atoms. The molecular weight excluding hydrogens is 511 g/mol. The quantitative estimate of drug-likeness (QED) is 0.578. The van der Waals surface area contributed by atoms with Crippen molar-refractivity contribution in [2.75, 3.05) is 20.1 Å². The van der Waals surface area contributed by atoms with E-state index in [0.717, 1.165) is 18.2 Å². The molecule has 1 saturated heterocycles. The lowest BCUT2D eigenvalue weighted by molar-refractivity contribution is -0.137. The Morgan fingerprint density at radius 1 is 1.14 bits per heavy atom. The van der Waals surface area contributed by atoms with Crippen LogP contribution in [0.4, 0.5) is 18.0 Å². The van der Waals surface area contributed by atoms with Gasteiger partial charge in [-0.15, -0.1) is 0 Å². The average molecular weight is 548 g/mol. The number of carbonyl (C=O) groups excluding carboxylic acids is 2. The minimum Gasteiger partial charge on any atom is -0.436 e. The number of halogens is 3. The molecule has 1 aromatic carbocycles. The highest BCUT2D eigenvalue weighted by atomic mass is 32.2. The molecule has 3 rings (SSSR count). The predicted octanol–water partition coefficient (Wildman–Crippen LogP) is 4.11. The van der Waals surface area contributed by atoms with Gasteiger partial charge < -0.3 is 15.0 Å². The molecule has 8 nitrogen and oxygen atoms in total. The largest absolute Gasteiger partial charge is 0.436 e. The van der Waals surface area contributed by atoms with Crippen LogP contribution in [-0.2, 0) is 25.7 Å². The van der Waals surface area contributed by atoms with Gasteiger partial charge in [0.1, 0.15) is 0 Å². The van der Waals surface area contributed by atoms with Gasteiger partial charge in [-0.25, -0.2) is 13.2 Å². The van der Waals surface area contributed by atoms with E-state index >= 15 is 0 Å². The highest BCUT2D eigenvalue weighted by Crippen LogP contribution is 2.41. The standard InChI is InChI=1S/C25H36F3N3O5S/c1-15(2)21(36-23(33)30(6)24(3,4)5)22(32)29-20-11-10-16-13-31(14-19(16)20)37(34,35)18-9-7-8-17(12-18)25(26,27)28/h7-9,12,15-16,19-21H,10-11,13-14H2,1-6H3,(H,29,32)/t16-,19+,20+,21-/m0/s1. The van der Waals surface area contributed by atoms with Crippen LogP contribution >= 0.6 is 0 Å². The fraction of sp³-hybridized carbons (Fsp3) is 0.680. The number of sulfonamides is 1. The molecule has 1 N–H and O–H groups in total. The topological polar surface area (TPSA) is 96.0 Å². The minimum absolute atomic E-state index is 0.0297. The number of ether oxygens (including phenoxy) is 1. The van der Waals surface area contributed by atoms with E-state index in [2.05, 4.69) is 5.32 Å². The molecule has 0 bridgehead atoms. The molecule has 1 aromatic rings.